The van der Waals surface area contributed by atoms with Crippen molar-refractivity contribution in [3.8, 4) is 0 Å². The molecule has 0 saturated carbocycles. The topological polar surface area (TPSA) is 49.8 Å². The minimum Gasteiger partial charge on any atom is -0.481 e. The quantitative estimate of drug-likeness (QED) is 0.743. The number of hydrogen-bond donors (Lipinski definition) is 1. The van der Waals surface area contributed by atoms with Crippen molar-refractivity contribution >= 4 is 5.97 Å². The number of carboxylic acid groups (broad SMARTS) is 1. The van der Waals surface area contributed by atoms with Crippen LogP contribution in [0, 0.1) is 5.92 Å². The van der Waals surface area contributed by atoms with Crippen LogP contribution >= 0.6 is 0 Å². The number of carbonyl (C=O) groups is 1. The van der Waals surface area contributed by atoms with E-state index in [1.165, 1.54) is 11.8 Å². The molecule has 7 heteroatoms. The Labute approximate surface area is 85.6 Å². The number of aliphatic carboxylic acids is 1. The second-order valence-electron chi connectivity index (χ2n) is 3.30. The minimum absolute atomic E-state index is 0.0388. The molecule has 4 nitrogen and oxygen atoms in total. The van der Waals surface area contributed by atoms with Crippen LogP contribution in [0.15, 0.2) is 0 Å². The van der Waals surface area contributed by atoms with E-state index in [0.29, 0.717) is 0 Å². The zero-order valence-electron chi connectivity index (χ0n) is 8.54. The molecule has 0 aliphatic carbocycles. The molecule has 0 saturated heterocycles. The molecule has 0 spiro atoms. The van der Waals surface area contributed by atoms with E-state index < -0.39 is 24.9 Å². The molecule has 90 valence electrons. The average molecular weight is 229 g/mol. The predicted molar refractivity (Wildman–Crippen MR) is 46.3 cm³/mol. The van der Waals surface area contributed by atoms with E-state index in [9.17, 15) is 18.0 Å². The first-order valence-corrected chi connectivity index (χ1v) is 4.34. The fourth-order valence-corrected chi connectivity index (χ4v) is 0.954. The molecule has 1 atom stereocenters. The molecular formula is C8H14F3NO3. The summed E-state index contributed by atoms with van der Waals surface area (Å²) in [4.78, 5) is 11.9. The van der Waals surface area contributed by atoms with Gasteiger partial charge < -0.3 is 10.0 Å². The van der Waals surface area contributed by atoms with Crippen molar-refractivity contribution in [2.24, 2.45) is 5.92 Å². The Hall–Kier alpha value is -0.820. The highest BCUT2D eigenvalue weighted by molar-refractivity contribution is 5.69. The summed E-state index contributed by atoms with van der Waals surface area (Å²) in [5.41, 5.74) is 0. The van der Waals surface area contributed by atoms with Gasteiger partial charge in [0.05, 0.1) is 12.5 Å². The Bertz CT molecular complexity index is 208. The Morgan fingerprint density at radius 3 is 2.47 bits per heavy atom. The van der Waals surface area contributed by atoms with Gasteiger partial charge in [0.2, 0.25) is 0 Å². The SMILES string of the molecule is CC(CN(C)CCOC(F)(F)F)C(=O)O. The zero-order valence-corrected chi connectivity index (χ0v) is 8.54. The Kier molecular flexibility index (Phi) is 5.59. The highest BCUT2D eigenvalue weighted by Gasteiger charge is 2.28. The molecular weight excluding hydrogens is 215 g/mol. The molecule has 0 aromatic heterocycles. The molecule has 0 aliphatic rings. The van der Waals surface area contributed by atoms with E-state index in [2.05, 4.69) is 4.74 Å². The van der Waals surface area contributed by atoms with Gasteiger partial charge in [0.15, 0.2) is 0 Å². The van der Waals surface area contributed by atoms with Crippen LogP contribution in [-0.2, 0) is 9.53 Å². The van der Waals surface area contributed by atoms with Crippen LogP contribution in [0.25, 0.3) is 0 Å². The molecule has 1 N–H and O–H groups in total. The number of hydrogen-bond acceptors (Lipinski definition) is 3. The minimum atomic E-state index is -4.63. The molecule has 0 amide bonds. The normalized spacial score (nSPS) is 14.3. The van der Waals surface area contributed by atoms with Crippen molar-refractivity contribution in [1.29, 1.82) is 0 Å². The van der Waals surface area contributed by atoms with Crippen LogP contribution in [-0.4, -0.2) is 49.1 Å². The van der Waals surface area contributed by atoms with Crippen molar-refractivity contribution in [1.82, 2.24) is 4.90 Å². The number of rotatable bonds is 6. The molecule has 0 aromatic rings. The highest BCUT2D eigenvalue weighted by atomic mass is 19.4. The van der Waals surface area contributed by atoms with Crippen LogP contribution in [0.5, 0.6) is 0 Å². The Balaban J connectivity index is 3.67. The lowest BCUT2D eigenvalue weighted by atomic mass is 10.2. The van der Waals surface area contributed by atoms with Crippen molar-refractivity contribution in [2.45, 2.75) is 13.3 Å². The van der Waals surface area contributed by atoms with Crippen LogP contribution in [0.2, 0.25) is 0 Å². The summed E-state index contributed by atoms with van der Waals surface area (Å²) in [6, 6.07) is 0. The van der Waals surface area contributed by atoms with Gasteiger partial charge >= 0.3 is 12.3 Å². The van der Waals surface area contributed by atoms with Gasteiger partial charge in [0.25, 0.3) is 0 Å². The maximum absolute atomic E-state index is 11.6. The summed E-state index contributed by atoms with van der Waals surface area (Å²) in [6.45, 7) is 1.23. The number of halogens is 3. The maximum Gasteiger partial charge on any atom is 0.522 e. The van der Waals surface area contributed by atoms with Crippen LogP contribution < -0.4 is 0 Å². The number of nitrogens with zero attached hydrogens (tertiary/aromatic N) is 1. The van der Waals surface area contributed by atoms with E-state index in [4.69, 9.17) is 5.11 Å². The fraction of sp³-hybridized carbons (Fsp3) is 0.875. The zero-order chi connectivity index (χ0) is 12.1. The van der Waals surface area contributed by atoms with Gasteiger partial charge in [0.1, 0.15) is 0 Å². The predicted octanol–water partition coefficient (Wildman–Crippen LogP) is 1.18. The first kappa shape index (κ1) is 14.2. The van der Waals surface area contributed by atoms with Crippen LogP contribution in [0.3, 0.4) is 0 Å². The van der Waals surface area contributed by atoms with Crippen LogP contribution in [0.1, 0.15) is 6.92 Å². The van der Waals surface area contributed by atoms with E-state index in [-0.39, 0.29) is 13.1 Å². The monoisotopic (exact) mass is 229 g/mol. The molecule has 0 fully saturated rings. The number of likely N-dealkylation sites (N-methyl/N-ethyl adjacent to an activating group) is 1. The Morgan fingerprint density at radius 1 is 1.53 bits per heavy atom. The fourth-order valence-electron chi connectivity index (χ4n) is 0.954. The lowest BCUT2D eigenvalue weighted by Crippen LogP contribution is -2.32. The third-order valence-corrected chi connectivity index (χ3v) is 1.75. The molecule has 0 aromatic carbocycles. The first-order valence-electron chi connectivity index (χ1n) is 4.34. The van der Waals surface area contributed by atoms with Gasteiger partial charge in [0, 0.05) is 13.1 Å². The summed E-state index contributed by atoms with van der Waals surface area (Å²) in [7, 11) is 1.54. The Morgan fingerprint density at radius 2 is 2.07 bits per heavy atom. The standard InChI is InChI=1S/C8H14F3NO3/c1-6(7(13)14)5-12(2)3-4-15-8(9,10)11/h6H,3-5H2,1-2H3,(H,13,14). The van der Waals surface area contributed by atoms with Gasteiger partial charge in [-0.15, -0.1) is 13.2 Å². The smallest absolute Gasteiger partial charge is 0.481 e. The maximum atomic E-state index is 11.6. The average Bonchev–Trinajstić information content (AvgIpc) is 2.01. The van der Waals surface area contributed by atoms with Crippen molar-refractivity contribution in [2.75, 3.05) is 26.7 Å². The van der Waals surface area contributed by atoms with Crippen molar-refractivity contribution < 1.29 is 27.8 Å². The molecule has 15 heavy (non-hydrogen) atoms. The van der Waals surface area contributed by atoms with E-state index in [1.54, 1.807) is 7.05 Å². The third-order valence-electron chi connectivity index (χ3n) is 1.75. The molecule has 0 heterocycles. The van der Waals surface area contributed by atoms with Gasteiger partial charge in [-0.3, -0.25) is 9.53 Å². The van der Waals surface area contributed by atoms with Gasteiger partial charge in [-0.05, 0) is 7.05 Å². The summed E-state index contributed by atoms with van der Waals surface area (Å²) >= 11 is 0. The highest BCUT2D eigenvalue weighted by Crippen LogP contribution is 2.15. The second-order valence-corrected chi connectivity index (χ2v) is 3.30. The lowest BCUT2D eigenvalue weighted by Gasteiger charge is -2.19. The summed E-state index contributed by atoms with van der Waals surface area (Å²) in [5.74, 6) is -1.58. The van der Waals surface area contributed by atoms with Gasteiger partial charge in [-0.25, -0.2) is 0 Å². The summed E-state index contributed by atoms with van der Waals surface area (Å²) in [6.07, 6.45) is -4.63. The molecule has 0 radical (unpaired) electrons. The number of alkyl halides is 3. The van der Waals surface area contributed by atoms with Gasteiger partial charge in [-0.2, -0.15) is 0 Å². The number of ether oxygens (including phenoxy) is 1. The molecule has 0 bridgehead atoms. The first-order chi connectivity index (χ1) is 6.72. The van der Waals surface area contributed by atoms with E-state index in [1.807, 2.05) is 0 Å². The summed E-state index contributed by atoms with van der Waals surface area (Å²) in [5, 5.41) is 8.55. The van der Waals surface area contributed by atoms with E-state index in [0.717, 1.165) is 0 Å². The van der Waals surface area contributed by atoms with Crippen molar-refractivity contribution in [3.63, 3.8) is 0 Å². The summed E-state index contributed by atoms with van der Waals surface area (Å²) < 4.78 is 38.2. The van der Waals surface area contributed by atoms with Crippen LogP contribution in [0.4, 0.5) is 13.2 Å². The van der Waals surface area contributed by atoms with E-state index >= 15 is 0 Å². The molecule has 1 unspecified atom stereocenters. The molecule has 0 aliphatic heterocycles. The van der Waals surface area contributed by atoms with Crippen molar-refractivity contribution in [3.05, 3.63) is 0 Å². The third kappa shape index (κ3) is 8.19. The number of carboxylic acids is 1. The van der Waals surface area contributed by atoms with Gasteiger partial charge in [-0.1, -0.05) is 6.92 Å². The lowest BCUT2D eigenvalue weighted by molar-refractivity contribution is -0.324. The second kappa shape index (κ2) is 5.92. The largest absolute Gasteiger partial charge is 0.522 e. The molecule has 0 rings (SSSR count).